The molecule has 110 valence electrons. The Balaban J connectivity index is 1.58. The zero-order valence-corrected chi connectivity index (χ0v) is 12.5. The first kappa shape index (κ1) is 14.3. The summed E-state index contributed by atoms with van der Waals surface area (Å²) in [5.41, 5.74) is 2.11. The second-order valence-electron chi connectivity index (χ2n) is 4.67. The van der Waals surface area contributed by atoms with E-state index in [4.69, 9.17) is 4.74 Å². The van der Waals surface area contributed by atoms with Gasteiger partial charge in [0.2, 0.25) is 0 Å². The van der Waals surface area contributed by atoms with Crippen LogP contribution in [0.2, 0.25) is 0 Å². The number of aromatic nitrogens is 1. The van der Waals surface area contributed by atoms with Gasteiger partial charge in [0, 0.05) is 6.42 Å². The number of anilines is 1. The number of para-hydroxylation sites is 1. The molecule has 3 aromatic rings. The molecule has 4 nitrogen and oxygen atoms in total. The fourth-order valence-electron chi connectivity index (χ4n) is 1.98. The lowest BCUT2D eigenvalue weighted by atomic mass is 10.1. The van der Waals surface area contributed by atoms with Crippen molar-refractivity contribution in [3.63, 3.8) is 0 Å². The number of carbonyl (C=O) groups is 1. The van der Waals surface area contributed by atoms with E-state index in [0.717, 1.165) is 12.1 Å². The van der Waals surface area contributed by atoms with Gasteiger partial charge in [-0.3, -0.25) is 5.32 Å². The van der Waals surface area contributed by atoms with Gasteiger partial charge in [-0.1, -0.05) is 48.5 Å². The van der Waals surface area contributed by atoms with Crippen molar-refractivity contribution in [2.75, 3.05) is 5.32 Å². The molecule has 1 amide bonds. The molecular formula is C17H14N2O2S. The highest BCUT2D eigenvalue weighted by atomic mass is 32.1. The summed E-state index contributed by atoms with van der Waals surface area (Å²) in [4.78, 5) is 11.8. The summed E-state index contributed by atoms with van der Waals surface area (Å²) in [6.45, 7) is 0. The van der Waals surface area contributed by atoms with Gasteiger partial charge in [0.25, 0.3) is 0 Å². The molecule has 2 aromatic carbocycles. The minimum absolute atomic E-state index is 0.508. The third-order valence-corrected chi connectivity index (χ3v) is 3.71. The van der Waals surface area contributed by atoms with E-state index in [1.54, 1.807) is 12.1 Å². The molecule has 0 atom stereocenters. The number of nitrogens with one attached hydrogen (secondary N) is 1. The monoisotopic (exact) mass is 310 g/mol. The molecule has 0 bridgehead atoms. The Morgan fingerprint density at radius 1 is 1.05 bits per heavy atom. The first-order valence-electron chi connectivity index (χ1n) is 6.83. The first-order chi connectivity index (χ1) is 10.8. The van der Waals surface area contributed by atoms with Crippen molar-refractivity contribution in [3.05, 3.63) is 78.0 Å². The molecule has 1 N–H and O–H groups in total. The number of hydrogen-bond acceptors (Lipinski definition) is 4. The van der Waals surface area contributed by atoms with Crippen LogP contribution in [0.1, 0.15) is 11.3 Å². The van der Waals surface area contributed by atoms with Gasteiger partial charge in [-0.2, -0.15) is 4.37 Å². The van der Waals surface area contributed by atoms with Crippen LogP contribution in [0, 0.1) is 0 Å². The highest BCUT2D eigenvalue weighted by molar-refractivity contribution is 7.10. The number of benzene rings is 2. The number of nitrogens with zero attached hydrogens (tertiary/aromatic N) is 1. The van der Waals surface area contributed by atoms with E-state index in [1.165, 1.54) is 17.1 Å². The van der Waals surface area contributed by atoms with Crippen molar-refractivity contribution in [3.8, 4) is 5.75 Å². The van der Waals surface area contributed by atoms with Gasteiger partial charge < -0.3 is 4.74 Å². The van der Waals surface area contributed by atoms with Crippen LogP contribution in [0.3, 0.4) is 0 Å². The van der Waals surface area contributed by atoms with Gasteiger partial charge in [0.15, 0.2) is 0 Å². The molecule has 0 aliphatic rings. The molecule has 22 heavy (non-hydrogen) atoms. The van der Waals surface area contributed by atoms with Crippen molar-refractivity contribution >= 4 is 22.6 Å². The predicted molar refractivity (Wildman–Crippen MR) is 87.5 cm³/mol. The van der Waals surface area contributed by atoms with E-state index < -0.39 is 6.09 Å². The van der Waals surface area contributed by atoms with Crippen molar-refractivity contribution in [1.82, 2.24) is 4.37 Å². The summed E-state index contributed by atoms with van der Waals surface area (Å²) in [7, 11) is 0. The minimum atomic E-state index is -0.513. The molecule has 0 saturated heterocycles. The van der Waals surface area contributed by atoms with Gasteiger partial charge in [-0.25, -0.2) is 4.79 Å². The normalized spacial score (nSPS) is 10.2. The van der Waals surface area contributed by atoms with Gasteiger partial charge in [-0.15, -0.1) is 0 Å². The van der Waals surface area contributed by atoms with Gasteiger partial charge in [-0.05, 0) is 35.3 Å². The Morgan fingerprint density at radius 3 is 2.45 bits per heavy atom. The first-order valence-corrected chi connectivity index (χ1v) is 7.60. The van der Waals surface area contributed by atoms with Crippen LogP contribution < -0.4 is 10.1 Å². The second-order valence-corrected chi connectivity index (χ2v) is 5.48. The third-order valence-electron chi connectivity index (χ3n) is 2.97. The lowest BCUT2D eigenvalue weighted by Gasteiger charge is -2.03. The maximum Gasteiger partial charge on any atom is 0.417 e. The number of carbonyl (C=O) groups excluding carboxylic acids is 1. The zero-order chi connectivity index (χ0) is 15.2. The Morgan fingerprint density at radius 2 is 1.73 bits per heavy atom. The summed E-state index contributed by atoms with van der Waals surface area (Å²) in [5.74, 6) is 0.508. The molecule has 3 rings (SSSR count). The molecule has 1 aromatic heterocycles. The average molecular weight is 310 g/mol. The summed E-state index contributed by atoms with van der Waals surface area (Å²) >= 11 is 1.25. The van der Waals surface area contributed by atoms with Crippen LogP contribution in [0.15, 0.2) is 66.7 Å². The van der Waals surface area contributed by atoms with E-state index in [1.807, 2.05) is 42.5 Å². The number of hydrogen-bond donors (Lipinski definition) is 1. The van der Waals surface area contributed by atoms with Crippen LogP contribution in [0.25, 0.3) is 0 Å². The van der Waals surface area contributed by atoms with Crippen molar-refractivity contribution in [1.29, 1.82) is 0 Å². The molecular weight excluding hydrogens is 296 g/mol. The van der Waals surface area contributed by atoms with Crippen LogP contribution in [0.4, 0.5) is 9.80 Å². The molecule has 0 fully saturated rings. The third kappa shape index (κ3) is 3.93. The highest BCUT2D eigenvalue weighted by Crippen LogP contribution is 2.19. The fraction of sp³-hybridized carbons (Fsp3) is 0.0588. The summed E-state index contributed by atoms with van der Waals surface area (Å²) in [6.07, 6.45) is 0.230. The highest BCUT2D eigenvalue weighted by Gasteiger charge is 2.08. The topological polar surface area (TPSA) is 51.2 Å². The van der Waals surface area contributed by atoms with Crippen LogP contribution in [0.5, 0.6) is 5.75 Å². The lowest BCUT2D eigenvalue weighted by Crippen LogP contribution is -2.15. The van der Waals surface area contributed by atoms with Crippen LogP contribution in [-0.2, 0) is 6.42 Å². The molecule has 1 heterocycles. The number of rotatable bonds is 4. The van der Waals surface area contributed by atoms with Crippen molar-refractivity contribution < 1.29 is 9.53 Å². The molecule has 0 saturated carbocycles. The molecule has 0 unspecified atom stereocenters. The zero-order valence-electron chi connectivity index (χ0n) is 11.7. The molecule has 0 spiro atoms. The van der Waals surface area contributed by atoms with Gasteiger partial charge >= 0.3 is 6.09 Å². The standard InChI is InChI=1S/C17H14N2O2S/c20-17(21-15-9-5-2-6-10-15)18-16-12-14(19-22-16)11-13-7-3-1-4-8-13/h1-10,12H,11H2,(H,18,20). The van der Waals surface area contributed by atoms with Gasteiger partial charge in [0.1, 0.15) is 10.8 Å². The molecule has 0 aliphatic carbocycles. The largest absolute Gasteiger partial charge is 0.417 e. The van der Waals surface area contributed by atoms with E-state index in [-0.39, 0.29) is 0 Å². The van der Waals surface area contributed by atoms with Crippen LogP contribution in [-0.4, -0.2) is 10.5 Å². The summed E-state index contributed by atoms with van der Waals surface area (Å²) in [5, 5.41) is 3.36. The van der Waals surface area contributed by atoms with E-state index >= 15 is 0 Å². The Kier molecular flexibility index (Phi) is 4.46. The Labute approximate surface area is 132 Å². The maximum absolute atomic E-state index is 11.8. The summed E-state index contributed by atoms with van der Waals surface area (Å²) < 4.78 is 9.52. The van der Waals surface area contributed by atoms with Crippen molar-refractivity contribution in [2.45, 2.75) is 6.42 Å². The van der Waals surface area contributed by atoms with Crippen LogP contribution >= 0.6 is 11.5 Å². The van der Waals surface area contributed by atoms with Gasteiger partial charge in [0.05, 0.1) is 5.69 Å². The molecule has 0 radical (unpaired) electrons. The van der Waals surface area contributed by atoms with E-state index in [0.29, 0.717) is 10.8 Å². The number of ether oxygens (including phenoxy) is 1. The quantitative estimate of drug-likeness (QED) is 0.779. The lowest BCUT2D eigenvalue weighted by molar-refractivity contribution is 0.215. The SMILES string of the molecule is O=C(Nc1cc(Cc2ccccc2)ns1)Oc1ccccc1. The summed E-state index contributed by atoms with van der Waals surface area (Å²) in [6, 6.07) is 20.9. The Bertz CT molecular complexity index is 742. The predicted octanol–water partition coefficient (Wildman–Crippen LogP) is 4.34. The van der Waals surface area contributed by atoms with E-state index in [9.17, 15) is 4.79 Å². The Hall–Kier alpha value is -2.66. The molecule has 0 aliphatic heterocycles. The average Bonchev–Trinajstić information content (AvgIpc) is 2.96. The fourth-order valence-corrected chi connectivity index (χ4v) is 2.63. The second kappa shape index (κ2) is 6.87. The number of amides is 1. The molecule has 5 heteroatoms. The minimum Gasteiger partial charge on any atom is -0.410 e. The smallest absolute Gasteiger partial charge is 0.410 e. The maximum atomic E-state index is 11.8. The van der Waals surface area contributed by atoms with E-state index in [2.05, 4.69) is 21.8 Å². The van der Waals surface area contributed by atoms with Crippen molar-refractivity contribution in [2.24, 2.45) is 0 Å².